The maximum absolute atomic E-state index is 12.0. The molecular formula is C27H40N6O. The van der Waals surface area contributed by atoms with Crippen molar-refractivity contribution in [2.24, 2.45) is 5.73 Å². The van der Waals surface area contributed by atoms with Crippen LogP contribution in [0.2, 0.25) is 0 Å². The fraction of sp³-hybridized carbons (Fsp3) is 0.519. The van der Waals surface area contributed by atoms with Gasteiger partial charge in [-0.15, -0.1) is 0 Å². The van der Waals surface area contributed by atoms with E-state index in [0.29, 0.717) is 0 Å². The predicted molar refractivity (Wildman–Crippen MR) is 141 cm³/mol. The first kappa shape index (κ1) is 24.4. The van der Waals surface area contributed by atoms with E-state index in [9.17, 15) is 4.79 Å². The first-order valence-electron chi connectivity index (χ1n) is 12.8. The molecule has 0 radical (unpaired) electrons. The van der Waals surface area contributed by atoms with Crippen molar-refractivity contribution in [3.63, 3.8) is 0 Å². The van der Waals surface area contributed by atoms with E-state index >= 15 is 0 Å². The number of amides is 2. The lowest BCUT2D eigenvalue weighted by molar-refractivity contribution is 0.189. The van der Waals surface area contributed by atoms with E-state index in [1.807, 2.05) is 4.90 Å². The fourth-order valence-electron chi connectivity index (χ4n) is 5.04. The van der Waals surface area contributed by atoms with Gasteiger partial charge in [-0.2, -0.15) is 0 Å². The van der Waals surface area contributed by atoms with Crippen molar-refractivity contribution >= 4 is 17.4 Å². The predicted octanol–water partition coefficient (Wildman–Crippen LogP) is 2.79. The van der Waals surface area contributed by atoms with Gasteiger partial charge in [-0.1, -0.05) is 36.4 Å². The van der Waals surface area contributed by atoms with Crippen LogP contribution in [0.1, 0.15) is 12.8 Å². The molecule has 2 aliphatic heterocycles. The first-order chi connectivity index (χ1) is 16.7. The molecule has 2 N–H and O–H groups in total. The summed E-state index contributed by atoms with van der Waals surface area (Å²) in [5.41, 5.74) is 8.30. The van der Waals surface area contributed by atoms with Crippen molar-refractivity contribution in [3.05, 3.63) is 60.7 Å². The van der Waals surface area contributed by atoms with Crippen LogP contribution in [-0.2, 0) is 0 Å². The van der Waals surface area contributed by atoms with Gasteiger partial charge in [-0.05, 0) is 50.2 Å². The third-order valence-electron chi connectivity index (χ3n) is 7.10. The molecule has 0 atom stereocenters. The van der Waals surface area contributed by atoms with E-state index in [-0.39, 0.29) is 6.03 Å². The molecule has 2 aromatic carbocycles. The number of nitrogens with two attached hydrogens (primary N) is 1. The molecular weight excluding hydrogens is 424 g/mol. The summed E-state index contributed by atoms with van der Waals surface area (Å²) in [7, 11) is 0. The second kappa shape index (κ2) is 12.6. The lowest BCUT2D eigenvalue weighted by Gasteiger charge is -2.37. The Kier molecular flexibility index (Phi) is 9.04. The zero-order valence-electron chi connectivity index (χ0n) is 20.4. The smallest absolute Gasteiger partial charge is 0.314 e. The molecule has 2 aliphatic rings. The monoisotopic (exact) mass is 464 g/mol. The summed E-state index contributed by atoms with van der Waals surface area (Å²) in [6.45, 7) is 12.0. The van der Waals surface area contributed by atoms with Gasteiger partial charge < -0.3 is 20.4 Å². The largest absolute Gasteiger partial charge is 0.369 e. The number of carbonyl (C=O) groups excluding carboxylic acids is 1. The highest BCUT2D eigenvalue weighted by molar-refractivity contribution is 5.71. The van der Waals surface area contributed by atoms with Crippen molar-refractivity contribution in [2.75, 3.05) is 88.3 Å². The Morgan fingerprint density at radius 1 is 0.647 bits per heavy atom. The standard InChI is InChI=1S/C27H40N6O/c28-27(34)33(15-7-13-29-17-21-31(22-18-29)25-9-3-1-4-10-25)16-8-14-30-19-23-32(24-20-30)26-11-5-2-6-12-26/h1-6,9-12H,7-8,13-24H2,(H2,28,34). The molecule has 184 valence electrons. The molecule has 34 heavy (non-hydrogen) atoms. The third-order valence-corrected chi connectivity index (χ3v) is 7.10. The Balaban J connectivity index is 1.10. The van der Waals surface area contributed by atoms with E-state index in [4.69, 9.17) is 5.73 Å². The zero-order valence-corrected chi connectivity index (χ0v) is 20.4. The SMILES string of the molecule is NC(=O)N(CCCN1CCN(c2ccccc2)CC1)CCCN1CCN(c2ccccc2)CC1. The number of para-hydroxylation sites is 2. The highest BCUT2D eigenvalue weighted by Gasteiger charge is 2.19. The van der Waals surface area contributed by atoms with E-state index in [0.717, 1.165) is 91.4 Å². The van der Waals surface area contributed by atoms with Crippen LogP contribution in [-0.4, -0.2) is 99.3 Å². The molecule has 0 bridgehead atoms. The van der Waals surface area contributed by atoms with Gasteiger partial charge >= 0.3 is 6.03 Å². The van der Waals surface area contributed by atoms with Gasteiger partial charge in [0.05, 0.1) is 0 Å². The van der Waals surface area contributed by atoms with Crippen molar-refractivity contribution in [1.82, 2.24) is 14.7 Å². The van der Waals surface area contributed by atoms with E-state index in [1.165, 1.54) is 11.4 Å². The van der Waals surface area contributed by atoms with Gasteiger partial charge in [0.25, 0.3) is 0 Å². The molecule has 0 aromatic heterocycles. The average Bonchev–Trinajstić information content (AvgIpc) is 2.89. The molecule has 0 unspecified atom stereocenters. The second-order valence-corrected chi connectivity index (χ2v) is 9.36. The van der Waals surface area contributed by atoms with Crippen LogP contribution >= 0.6 is 0 Å². The Bertz CT molecular complexity index is 782. The Morgan fingerprint density at radius 2 is 1.03 bits per heavy atom. The van der Waals surface area contributed by atoms with Crippen LogP contribution in [0.25, 0.3) is 0 Å². The van der Waals surface area contributed by atoms with Crippen LogP contribution in [0, 0.1) is 0 Å². The number of nitrogens with zero attached hydrogens (tertiary/aromatic N) is 5. The number of anilines is 2. The van der Waals surface area contributed by atoms with E-state index in [1.54, 1.807) is 0 Å². The van der Waals surface area contributed by atoms with Gasteiger partial charge in [-0.3, -0.25) is 9.80 Å². The molecule has 4 rings (SSSR count). The van der Waals surface area contributed by atoms with Gasteiger partial charge in [-0.25, -0.2) is 4.79 Å². The minimum Gasteiger partial charge on any atom is -0.369 e. The maximum Gasteiger partial charge on any atom is 0.314 e. The topological polar surface area (TPSA) is 59.3 Å². The van der Waals surface area contributed by atoms with Crippen molar-refractivity contribution in [3.8, 4) is 0 Å². The number of benzene rings is 2. The third kappa shape index (κ3) is 7.11. The van der Waals surface area contributed by atoms with Crippen molar-refractivity contribution < 1.29 is 4.79 Å². The average molecular weight is 465 g/mol. The summed E-state index contributed by atoms with van der Waals surface area (Å²) in [6, 6.07) is 21.0. The van der Waals surface area contributed by atoms with Crippen LogP contribution in [0.4, 0.5) is 16.2 Å². The van der Waals surface area contributed by atoms with Crippen LogP contribution in [0.15, 0.2) is 60.7 Å². The molecule has 2 aromatic rings. The molecule has 7 nitrogen and oxygen atoms in total. The van der Waals surface area contributed by atoms with Gasteiger partial charge in [0.2, 0.25) is 0 Å². The van der Waals surface area contributed by atoms with E-state index < -0.39 is 0 Å². The fourth-order valence-corrected chi connectivity index (χ4v) is 5.04. The Morgan fingerprint density at radius 3 is 1.38 bits per heavy atom. The van der Waals surface area contributed by atoms with E-state index in [2.05, 4.69) is 80.3 Å². The maximum atomic E-state index is 12.0. The minimum absolute atomic E-state index is 0.289. The Labute approximate surface area is 204 Å². The summed E-state index contributed by atoms with van der Waals surface area (Å²) in [4.78, 5) is 23.7. The lowest BCUT2D eigenvalue weighted by atomic mass is 10.2. The van der Waals surface area contributed by atoms with Crippen molar-refractivity contribution in [1.29, 1.82) is 0 Å². The number of rotatable bonds is 10. The minimum atomic E-state index is -0.289. The van der Waals surface area contributed by atoms with Gasteiger partial charge in [0.1, 0.15) is 0 Å². The number of piperazine rings is 2. The highest BCUT2D eigenvalue weighted by Crippen LogP contribution is 2.17. The van der Waals surface area contributed by atoms with Crippen LogP contribution in [0.5, 0.6) is 0 Å². The second-order valence-electron chi connectivity index (χ2n) is 9.36. The van der Waals surface area contributed by atoms with Gasteiger partial charge in [0, 0.05) is 76.8 Å². The molecule has 2 fully saturated rings. The lowest BCUT2D eigenvalue weighted by Crippen LogP contribution is -2.48. The number of hydrogen-bond donors (Lipinski definition) is 1. The number of urea groups is 1. The molecule has 0 saturated carbocycles. The summed E-state index contributed by atoms with van der Waals surface area (Å²) in [5.74, 6) is 0. The summed E-state index contributed by atoms with van der Waals surface area (Å²) < 4.78 is 0. The summed E-state index contributed by atoms with van der Waals surface area (Å²) in [6.07, 6.45) is 1.95. The Hall–Kier alpha value is -2.77. The molecule has 0 aliphatic carbocycles. The van der Waals surface area contributed by atoms with Crippen molar-refractivity contribution in [2.45, 2.75) is 12.8 Å². The molecule has 2 heterocycles. The number of primary amides is 1. The summed E-state index contributed by atoms with van der Waals surface area (Å²) in [5, 5.41) is 0. The number of carbonyl (C=O) groups is 1. The molecule has 7 heteroatoms. The van der Waals surface area contributed by atoms with Crippen LogP contribution < -0.4 is 15.5 Å². The molecule has 2 amide bonds. The summed E-state index contributed by atoms with van der Waals surface area (Å²) >= 11 is 0. The molecule has 0 spiro atoms. The number of hydrogen-bond acceptors (Lipinski definition) is 5. The quantitative estimate of drug-likeness (QED) is 0.586. The van der Waals surface area contributed by atoms with Crippen LogP contribution in [0.3, 0.4) is 0 Å². The first-order valence-corrected chi connectivity index (χ1v) is 12.8. The normalized spacial score (nSPS) is 17.6. The zero-order chi connectivity index (χ0) is 23.6. The van der Waals surface area contributed by atoms with Gasteiger partial charge in [0.15, 0.2) is 0 Å². The molecule has 2 saturated heterocycles. The highest BCUT2D eigenvalue weighted by atomic mass is 16.2.